The third kappa shape index (κ3) is 3.01. The van der Waals surface area contributed by atoms with E-state index in [0.29, 0.717) is 6.54 Å². The lowest BCUT2D eigenvalue weighted by atomic mass is 9.82. The summed E-state index contributed by atoms with van der Waals surface area (Å²) in [6.45, 7) is 0.383. The quantitative estimate of drug-likeness (QED) is 0.659. The van der Waals surface area contributed by atoms with Gasteiger partial charge in [-0.1, -0.05) is 36.4 Å². The van der Waals surface area contributed by atoms with Crippen LogP contribution in [0.2, 0.25) is 0 Å². The van der Waals surface area contributed by atoms with E-state index in [9.17, 15) is 14.7 Å². The second-order valence-corrected chi connectivity index (χ2v) is 7.83. The van der Waals surface area contributed by atoms with Crippen molar-refractivity contribution < 1.29 is 14.7 Å². The maximum absolute atomic E-state index is 12.7. The molecule has 1 fully saturated rings. The van der Waals surface area contributed by atoms with E-state index in [0.717, 1.165) is 28.7 Å². The Balaban J connectivity index is 1.28. The van der Waals surface area contributed by atoms with Crippen LogP contribution in [-0.2, 0) is 16.1 Å². The van der Waals surface area contributed by atoms with Gasteiger partial charge in [0.2, 0.25) is 5.91 Å². The highest BCUT2D eigenvalue weighted by Crippen LogP contribution is 2.48. The zero-order valence-corrected chi connectivity index (χ0v) is 15.7. The third-order valence-corrected chi connectivity index (χ3v) is 6.18. The fourth-order valence-electron chi connectivity index (χ4n) is 4.76. The smallest absolute Gasteiger partial charge is 0.307 e. The topological polar surface area (TPSA) is 84.2 Å². The summed E-state index contributed by atoms with van der Waals surface area (Å²) in [5.74, 6) is -2.10. The molecule has 1 heterocycles. The molecule has 3 aromatic rings. The van der Waals surface area contributed by atoms with Crippen LogP contribution in [0.3, 0.4) is 0 Å². The molecule has 6 heteroatoms. The minimum absolute atomic E-state index is 0.0162. The number of hydrogen-bond donors (Lipinski definition) is 2. The van der Waals surface area contributed by atoms with Gasteiger partial charge in [-0.2, -0.15) is 0 Å². The number of carbonyl (C=O) groups excluding carboxylic acids is 1. The first-order valence-electron chi connectivity index (χ1n) is 9.82. The van der Waals surface area contributed by atoms with Crippen molar-refractivity contribution >= 4 is 22.9 Å². The number of carboxylic acids is 1. The van der Waals surface area contributed by atoms with Gasteiger partial charge in [-0.3, -0.25) is 14.2 Å². The molecule has 4 atom stereocenters. The molecule has 2 aromatic carbocycles. The van der Waals surface area contributed by atoms with E-state index >= 15 is 0 Å². The number of nitrogens with one attached hydrogen (secondary N) is 1. The minimum Gasteiger partial charge on any atom is -0.481 e. The number of rotatable bonds is 5. The third-order valence-electron chi connectivity index (χ3n) is 6.18. The summed E-state index contributed by atoms with van der Waals surface area (Å²) in [5, 5.41) is 12.5. The van der Waals surface area contributed by atoms with Crippen molar-refractivity contribution in [1.82, 2.24) is 14.9 Å². The molecule has 6 nitrogen and oxygen atoms in total. The van der Waals surface area contributed by atoms with Crippen molar-refractivity contribution in [2.75, 3.05) is 0 Å². The minimum atomic E-state index is -0.876. The normalized spacial score (nSPS) is 24.8. The molecule has 1 saturated carbocycles. The monoisotopic (exact) mass is 387 g/mol. The van der Waals surface area contributed by atoms with Crippen molar-refractivity contribution in [1.29, 1.82) is 0 Å². The summed E-state index contributed by atoms with van der Waals surface area (Å²) in [4.78, 5) is 28.7. The average Bonchev–Trinajstić information content (AvgIpc) is 3.46. The zero-order valence-electron chi connectivity index (χ0n) is 15.7. The molecule has 0 radical (unpaired) electrons. The number of imidazole rings is 1. The van der Waals surface area contributed by atoms with Crippen molar-refractivity contribution in [2.45, 2.75) is 13.0 Å². The van der Waals surface area contributed by atoms with Gasteiger partial charge in [0.1, 0.15) is 6.33 Å². The van der Waals surface area contributed by atoms with Crippen LogP contribution in [0, 0.1) is 23.7 Å². The standard InChI is InChI=1S/C23H21N3O3/c27-22(20-15-7-8-16(11-15)21(20)23(28)29)24-12-14-5-9-17(10-6-14)26-13-25-18-3-1-2-4-19(18)26/h1-10,13,15-16,20-21H,11-12H2,(H,24,27)(H,28,29). The lowest BCUT2D eigenvalue weighted by molar-refractivity contribution is -0.147. The predicted octanol–water partition coefficient (Wildman–Crippen LogP) is 3.16. The number of hydrogen-bond acceptors (Lipinski definition) is 3. The van der Waals surface area contributed by atoms with Gasteiger partial charge in [0.05, 0.1) is 22.9 Å². The van der Waals surface area contributed by atoms with Crippen LogP contribution in [0.25, 0.3) is 16.7 Å². The van der Waals surface area contributed by atoms with Crippen LogP contribution < -0.4 is 5.32 Å². The second-order valence-electron chi connectivity index (χ2n) is 7.83. The van der Waals surface area contributed by atoms with Crippen molar-refractivity contribution in [3.8, 4) is 5.69 Å². The summed E-state index contributed by atoms with van der Waals surface area (Å²) < 4.78 is 2.02. The molecule has 29 heavy (non-hydrogen) atoms. The summed E-state index contributed by atoms with van der Waals surface area (Å²) >= 11 is 0. The van der Waals surface area contributed by atoms with Gasteiger partial charge in [0.15, 0.2) is 0 Å². The van der Waals surface area contributed by atoms with Gasteiger partial charge in [0.25, 0.3) is 0 Å². The van der Waals surface area contributed by atoms with Crippen LogP contribution in [-0.4, -0.2) is 26.5 Å². The number of aliphatic carboxylic acids is 1. The SMILES string of the molecule is O=C(O)C1C2C=CC(C2)C1C(=O)NCc1ccc(-n2cnc3ccccc32)cc1. The van der Waals surface area contributed by atoms with E-state index in [1.807, 2.05) is 65.3 Å². The highest BCUT2D eigenvalue weighted by atomic mass is 16.4. The molecule has 2 aliphatic carbocycles. The number of allylic oxidation sites excluding steroid dienone is 2. The molecular formula is C23H21N3O3. The Hall–Kier alpha value is -3.41. The van der Waals surface area contributed by atoms with Crippen molar-refractivity contribution in [2.24, 2.45) is 23.7 Å². The number of aromatic nitrogens is 2. The number of carboxylic acid groups (broad SMARTS) is 1. The summed E-state index contributed by atoms with van der Waals surface area (Å²) in [6, 6.07) is 15.9. The molecule has 0 spiro atoms. The summed E-state index contributed by atoms with van der Waals surface area (Å²) in [5.41, 5.74) is 3.95. The van der Waals surface area contributed by atoms with Crippen LogP contribution in [0.15, 0.2) is 67.0 Å². The molecule has 2 N–H and O–H groups in total. The Labute approximate surface area is 167 Å². The first-order valence-corrected chi connectivity index (χ1v) is 9.82. The van der Waals surface area contributed by atoms with Crippen LogP contribution in [0.4, 0.5) is 0 Å². The molecule has 0 aliphatic heterocycles. The van der Waals surface area contributed by atoms with E-state index in [1.165, 1.54) is 0 Å². The van der Waals surface area contributed by atoms with Crippen molar-refractivity contribution in [3.63, 3.8) is 0 Å². The number of amides is 1. The highest BCUT2D eigenvalue weighted by Gasteiger charge is 2.51. The number of carbonyl (C=O) groups is 2. The molecule has 0 saturated heterocycles. The van der Waals surface area contributed by atoms with E-state index < -0.39 is 17.8 Å². The maximum Gasteiger partial charge on any atom is 0.307 e. The lowest BCUT2D eigenvalue weighted by Crippen LogP contribution is -2.39. The van der Waals surface area contributed by atoms with E-state index in [2.05, 4.69) is 10.3 Å². The first-order chi connectivity index (χ1) is 14.1. The molecule has 2 aliphatic rings. The van der Waals surface area contributed by atoms with Gasteiger partial charge < -0.3 is 10.4 Å². The lowest BCUT2D eigenvalue weighted by Gasteiger charge is -2.23. The van der Waals surface area contributed by atoms with Crippen LogP contribution in [0.1, 0.15) is 12.0 Å². The Morgan fingerprint density at radius 2 is 1.76 bits per heavy atom. The number of para-hydroxylation sites is 2. The number of fused-ring (bicyclic) bond motifs is 3. The Bertz CT molecular complexity index is 1120. The molecule has 4 unspecified atom stereocenters. The van der Waals surface area contributed by atoms with E-state index in [1.54, 1.807) is 6.33 Å². The first kappa shape index (κ1) is 17.7. The Kier molecular flexibility index (Phi) is 4.19. The number of nitrogens with zero attached hydrogens (tertiary/aromatic N) is 2. The zero-order chi connectivity index (χ0) is 20.0. The molecule has 1 aromatic heterocycles. The van der Waals surface area contributed by atoms with Crippen LogP contribution in [0.5, 0.6) is 0 Å². The largest absolute Gasteiger partial charge is 0.481 e. The Morgan fingerprint density at radius 1 is 1.03 bits per heavy atom. The van der Waals surface area contributed by atoms with E-state index in [4.69, 9.17) is 0 Å². The predicted molar refractivity (Wildman–Crippen MR) is 108 cm³/mol. The maximum atomic E-state index is 12.7. The Morgan fingerprint density at radius 3 is 2.52 bits per heavy atom. The van der Waals surface area contributed by atoms with E-state index in [-0.39, 0.29) is 17.7 Å². The molecule has 146 valence electrons. The summed E-state index contributed by atoms with van der Waals surface area (Å²) in [6.07, 6.45) is 6.52. The molecule has 1 amide bonds. The van der Waals surface area contributed by atoms with Crippen LogP contribution >= 0.6 is 0 Å². The van der Waals surface area contributed by atoms with Gasteiger partial charge in [-0.05, 0) is 48.1 Å². The fraction of sp³-hybridized carbons (Fsp3) is 0.261. The molecule has 5 rings (SSSR count). The van der Waals surface area contributed by atoms with Gasteiger partial charge in [0, 0.05) is 12.2 Å². The van der Waals surface area contributed by atoms with Crippen molar-refractivity contribution in [3.05, 3.63) is 72.6 Å². The second kappa shape index (κ2) is 6.88. The highest BCUT2D eigenvalue weighted by molar-refractivity contribution is 5.86. The molecule has 2 bridgehead atoms. The van der Waals surface area contributed by atoms with Gasteiger partial charge in [-0.15, -0.1) is 0 Å². The summed E-state index contributed by atoms with van der Waals surface area (Å²) in [7, 11) is 0. The van der Waals surface area contributed by atoms with Gasteiger partial charge >= 0.3 is 5.97 Å². The number of benzene rings is 2. The molecular weight excluding hydrogens is 366 g/mol. The van der Waals surface area contributed by atoms with Gasteiger partial charge in [-0.25, -0.2) is 4.98 Å². The fourth-order valence-corrected chi connectivity index (χ4v) is 4.76. The average molecular weight is 387 g/mol.